The van der Waals surface area contributed by atoms with Gasteiger partial charge >= 0.3 is 0 Å². The van der Waals surface area contributed by atoms with Crippen molar-refractivity contribution in [3.8, 4) is 5.75 Å². The number of hydrogen-bond donors (Lipinski definition) is 5. The number of ether oxygens (including phenoxy) is 1. The average Bonchev–Trinajstić information content (AvgIpc) is 2.77. The molecule has 0 fully saturated rings. The number of anilines is 2. The molecule has 31 heavy (non-hydrogen) atoms. The van der Waals surface area contributed by atoms with Crippen LogP contribution >= 0.6 is 11.6 Å². The molecular weight excluding hydrogens is 420 g/mol. The first-order valence-electron chi connectivity index (χ1n) is 9.74. The number of carbonyl (C=O) groups excluding carboxylic acids is 1. The van der Waals surface area contributed by atoms with Crippen molar-refractivity contribution in [2.45, 2.75) is 19.1 Å². The Morgan fingerprint density at radius 1 is 1.13 bits per heavy atom. The van der Waals surface area contributed by atoms with Crippen LogP contribution in [0.3, 0.4) is 0 Å². The number of nitrogen functional groups attached to an aromatic ring is 2. The van der Waals surface area contributed by atoms with Crippen molar-refractivity contribution in [2.24, 2.45) is 0 Å². The number of fused-ring (bicyclic) bond motifs is 1. The van der Waals surface area contributed by atoms with Crippen LogP contribution in [-0.2, 0) is 0 Å². The maximum atomic E-state index is 12.2. The van der Waals surface area contributed by atoms with Crippen molar-refractivity contribution in [1.82, 2.24) is 20.6 Å². The number of aromatic nitrogens is 2. The van der Waals surface area contributed by atoms with Crippen LogP contribution in [0.15, 0.2) is 42.5 Å². The molecule has 10 heteroatoms. The largest absolute Gasteiger partial charge is 0.490 e. The van der Waals surface area contributed by atoms with Crippen LogP contribution in [-0.4, -0.2) is 52.8 Å². The molecule has 3 aromatic rings. The van der Waals surface area contributed by atoms with Crippen molar-refractivity contribution >= 4 is 39.9 Å². The van der Waals surface area contributed by atoms with Crippen molar-refractivity contribution in [2.75, 3.05) is 31.2 Å². The maximum absolute atomic E-state index is 12.2. The van der Waals surface area contributed by atoms with Gasteiger partial charge in [-0.25, -0.2) is 9.97 Å². The Kier molecular flexibility index (Phi) is 7.45. The normalized spacial score (nSPS) is 13.0. The molecule has 1 aromatic heterocycles. The van der Waals surface area contributed by atoms with E-state index in [1.807, 2.05) is 49.4 Å². The molecule has 0 unspecified atom stereocenters. The van der Waals surface area contributed by atoms with Gasteiger partial charge in [0.15, 0.2) is 22.5 Å². The Labute approximate surface area is 184 Å². The topological polar surface area (TPSA) is 148 Å². The fraction of sp³-hybridized carbons (Fsp3) is 0.286. The number of amides is 1. The first kappa shape index (κ1) is 22.5. The van der Waals surface area contributed by atoms with E-state index in [4.69, 9.17) is 27.8 Å². The zero-order chi connectivity index (χ0) is 22.4. The number of aliphatic hydroxyl groups is 1. The molecule has 0 radical (unpaired) electrons. The summed E-state index contributed by atoms with van der Waals surface area (Å²) in [6.45, 7) is 2.57. The molecule has 2 atom stereocenters. The number of aliphatic hydroxyl groups excluding tert-OH is 1. The molecule has 0 bridgehead atoms. The molecule has 0 aliphatic carbocycles. The minimum Gasteiger partial charge on any atom is -0.490 e. The molecular formula is C21H25ClN6O3. The van der Waals surface area contributed by atoms with Gasteiger partial charge in [0.05, 0.1) is 0 Å². The molecule has 0 aliphatic rings. The number of halogens is 1. The summed E-state index contributed by atoms with van der Waals surface area (Å²) < 4.78 is 5.79. The minimum atomic E-state index is -0.727. The monoisotopic (exact) mass is 444 g/mol. The number of nitrogens with one attached hydrogen (secondary N) is 2. The molecule has 7 N–H and O–H groups in total. The van der Waals surface area contributed by atoms with Crippen molar-refractivity contribution in [1.29, 1.82) is 0 Å². The maximum Gasteiger partial charge on any atom is 0.273 e. The van der Waals surface area contributed by atoms with Crippen LogP contribution in [0, 0.1) is 0 Å². The lowest BCUT2D eigenvalue weighted by molar-refractivity contribution is 0.0938. The highest BCUT2D eigenvalue weighted by Crippen LogP contribution is 2.25. The van der Waals surface area contributed by atoms with E-state index >= 15 is 0 Å². The van der Waals surface area contributed by atoms with Gasteiger partial charge in [0.2, 0.25) is 0 Å². The van der Waals surface area contributed by atoms with E-state index in [2.05, 4.69) is 20.6 Å². The van der Waals surface area contributed by atoms with Gasteiger partial charge in [0, 0.05) is 24.5 Å². The summed E-state index contributed by atoms with van der Waals surface area (Å²) >= 11 is 5.80. The Bertz CT molecular complexity index is 1060. The Hall–Kier alpha value is -3.14. The summed E-state index contributed by atoms with van der Waals surface area (Å²) in [6.07, 6.45) is -0.727. The predicted octanol–water partition coefficient (Wildman–Crippen LogP) is 1.60. The first-order valence-corrected chi connectivity index (χ1v) is 10.1. The van der Waals surface area contributed by atoms with Gasteiger partial charge in [-0.15, -0.1) is 0 Å². The summed E-state index contributed by atoms with van der Waals surface area (Å²) in [5.74, 6) is 0.0742. The summed E-state index contributed by atoms with van der Waals surface area (Å²) in [6, 6.07) is 13.6. The molecule has 3 rings (SSSR count). The van der Waals surface area contributed by atoms with Crippen molar-refractivity contribution in [3.63, 3.8) is 0 Å². The van der Waals surface area contributed by atoms with Crippen molar-refractivity contribution < 1.29 is 14.6 Å². The summed E-state index contributed by atoms with van der Waals surface area (Å²) in [5.41, 5.74) is 11.1. The molecule has 0 saturated heterocycles. The van der Waals surface area contributed by atoms with E-state index < -0.39 is 12.0 Å². The number of nitrogens with zero attached hydrogens (tertiary/aromatic N) is 2. The van der Waals surface area contributed by atoms with Gasteiger partial charge in [-0.05, 0) is 18.4 Å². The third kappa shape index (κ3) is 5.94. The molecule has 9 nitrogen and oxygen atoms in total. The Morgan fingerprint density at radius 2 is 1.87 bits per heavy atom. The first-order chi connectivity index (χ1) is 14.8. The van der Waals surface area contributed by atoms with Gasteiger partial charge in [0.25, 0.3) is 5.91 Å². The van der Waals surface area contributed by atoms with E-state index in [-0.39, 0.29) is 48.2 Å². The molecule has 0 aliphatic heterocycles. The molecule has 1 amide bonds. The number of benzene rings is 2. The minimum absolute atomic E-state index is 0.0366. The fourth-order valence-corrected chi connectivity index (χ4v) is 3.04. The third-order valence-electron chi connectivity index (χ3n) is 4.57. The van der Waals surface area contributed by atoms with Gasteiger partial charge in [-0.1, -0.05) is 48.0 Å². The quantitative estimate of drug-likeness (QED) is 0.334. The highest BCUT2D eigenvalue weighted by atomic mass is 35.5. The van der Waals surface area contributed by atoms with Crippen LogP contribution in [0.5, 0.6) is 5.75 Å². The smallest absolute Gasteiger partial charge is 0.273 e. The Morgan fingerprint density at radius 3 is 2.68 bits per heavy atom. The standard InChI is InChI=1S/C21H25ClN6O3/c1-12(9-26-21(30)17-19(23)28-20(24)18(22)27-17)25-10-14(29)11-31-16-8-4-6-13-5-2-3-7-15(13)16/h2-8,12,14,25,29H,9-11H2,1H3,(H,26,30)(H4,23,24,28)/t12-,14-/m1/s1. The zero-order valence-electron chi connectivity index (χ0n) is 17.0. The van der Waals surface area contributed by atoms with Crippen LogP contribution < -0.4 is 26.8 Å². The van der Waals surface area contributed by atoms with E-state index in [9.17, 15) is 9.90 Å². The van der Waals surface area contributed by atoms with Gasteiger partial charge < -0.3 is 31.9 Å². The number of hydrogen-bond acceptors (Lipinski definition) is 8. The van der Waals surface area contributed by atoms with Crippen molar-refractivity contribution in [3.05, 3.63) is 53.3 Å². The van der Waals surface area contributed by atoms with Gasteiger partial charge in [-0.3, -0.25) is 4.79 Å². The summed E-state index contributed by atoms with van der Waals surface area (Å²) in [5, 5.41) is 18.1. The number of carbonyl (C=O) groups is 1. The summed E-state index contributed by atoms with van der Waals surface area (Å²) in [4.78, 5) is 19.9. The SMILES string of the molecule is C[C@H](CNC(=O)c1nc(Cl)c(N)nc1N)NC[C@@H](O)COc1cccc2ccccc12. The lowest BCUT2D eigenvalue weighted by Gasteiger charge is -2.18. The van der Waals surface area contributed by atoms with E-state index in [0.29, 0.717) is 0 Å². The van der Waals surface area contributed by atoms with Gasteiger partial charge in [0.1, 0.15) is 18.5 Å². The molecule has 2 aromatic carbocycles. The summed E-state index contributed by atoms with van der Waals surface area (Å²) in [7, 11) is 0. The highest BCUT2D eigenvalue weighted by molar-refractivity contribution is 6.31. The van der Waals surface area contributed by atoms with E-state index in [1.165, 1.54) is 0 Å². The van der Waals surface area contributed by atoms with Gasteiger partial charge in [-0.2, -0.15) is 0 Å². The molecule has 164 valence electrons. The average molecular weight is 445 g/mol. The lowest BCUT2D eigenvalue weighted by atomic mass is 10.1. The second kappa shape index (κ2) is 10.3. The Balaban J connectivity index is 1.43. The molecule has 1 heterocycles. The van der Waals surface area contributed by atoms with E-state index in [0.717, 1.165) is 16.5 Å². The van der Waals surface area contributed by atoms with Crippen LogP contribution in [0.25, 0.3) is 10.8 Å². The lowest BCUT2D eigenvalue weighted by Crippen LogP contribution is -2.43. The number of rotatable bonds is 9. The second-order valence-electron chi connectivity index (χ2n) is 7.09. The van der Waals surface area contributed by atoms with Crippen LogP contribution in [0.2, 0.25) is 5.15 Å². The number of nitrogens with two attached hydrogens (primary N) is 2. The molecule has 0 spiro atoms. The third-order valence-corrected chi connectivity index (χ3v) is 4.85. The highest BCUT2D eigenvalue weighted by Gasteiger charge is 2.17. The van der Waals surface area contributed by atoms with E-state index in [1.54, 1.807) is 0 Å². The fourth-order valence-electron chi connectivity index (χ4n) is 2.91. The van der Waals surface area contributed by atoms with Crippen LogP contribution in [0.1, 0.15) is 17.4 Å². The predicted molar refractivity (Wildman–Crippen MR) is 121 cm³/mol. The van der Waals surface area contributed by atoms with Crippen LogP contribution in [0.4, 0.5) is 11.6 Å². The molecule has 0 saturated carbocycles. The zero-order valence-corrected chi connectivity index (χ0v) is 17.8. The second-order valence-corrected chi connectivity index (χ2v) is 7.45.